The Bertz CT molecular complexity index is 3530. The Balaban J connectivity index is 0.000000241. The molecule has 380 valence electrons. The number of carbonyl (C=O) groups excluding carboxylic acids is 2. The van der Waals surface area contributed by atoms with E-state index in [0.717, 1.165) is 6.07 Å². The fourth-order valence-corrected chi connectivity index (χ4v) is 9.46. The minimum Gasteiger partial charge on any atom is -0.870 e. The average molecular weight is 1220 g/mol. The van der Waals surface area contributed by atoms with Crippen LogP contribution in [0.2, 0.25) is 10.0 Å². The summed E-state index contributed by atoms with van der Waals surface area (Å²) in [5, 5.41) is 47.8. The molecule has 8 aromatic rings. The second-order valence-corrected chi connectivity index (χ2v) is 19.3. The number of amides is 2. The van der Waals surface area contributed by atoms with Crippen LogP contribution in [0.1, 0.15) is 45.7 Å². The van der Waals surface area contributed by atoms with E-state index in [4.69, 9.17) is 32.7 Å². The summed E-state index contributed by atoms with van der Waals surface area (Å²) >= 11 is 12.7. The van der Waals surface area contributed by atoms with Crippen LogP contribution < -0.4 is 25.2 Å². The van der Waals surface area contributed by atoms with E-state index < -0.39 is 53.3 Å². The summed E-state index contributed by atoms with van der Waals surface area (Å²) in [5.74, 6) is -1.27. The fourth-order valence-electron chi connectivity index (χ4n) is 7.43. The predicted molar refractivity (Wildman–Crippen MR) is 284 cm³/mol. The number of aryl methyl sites for hydroxylation is 2. The van der Waals surface area contributed by atoms with Crippen molar-refractivity contribution in [3.8, 4) is 23.0 Å². The molecule has 8 aromatic carbocycles. The summed E-state index contributed by atoms with van der Waals surface area (Å²) in [4.78, 5) is 24.9. The summed E-state index contributed by atoms with van der Waals surface area (Å²) in [6, 6.07) is 34.9. The third-order valence-corrected chi connectivity index (χ3v) is 13.9. The maximum absolute atomic E-state index is 13.4. The molecule has 0 fully saturated rings. The number of ether oxygens (including phenoxy) is 2. The number of phenols is 1. The number of halogens is 2. The van der Waals surface area contributed by atoms with Gasteiger partial charge in [-0.3, -0.25) is 14.1 Å². The van der Waals surface area contributed by atoms with Crippen molar-refractivity contribution in [3.05, 3.63) is 166 Å². The molecule has 0 atom stereocenters. The number of rotatable bonds is 14. The van der Waals surface area contributed by atoms with Crippen LogP contribution in [0.5, 0.6) is 23.0 Å². The maximum atomic E-state index is 13.4. The van der Waals surface area contributed by atoms with E-state index >= 15 is 0 Å². The third-order valence-electron chi connectivity index (χ3n) is 11.3. The van der Waals surface area contributed by atoms with E-state index in [1.54, 1.807) is 104 Å². The summed E-state index contributed by atoms with van der Waals surface area (Å²) in [7, 11) is -6.56. The van der Waals surface area contributed by atoms with Gasteiger partial charge in [-0.05, 0) is 108 Å². The zero-order chi connectivity index (χ0) is 53.5. The molecule has 0 aliphatic rings. The van der Waals surface area contributed by atoms with Gasteiger partial charge in [0.2, 0.25) is 0 Å². The van der Waals surface area contributed by atoms with Crippen molar-refractivity contribution in [3.63, 3.8) is 0 Å². The molecule has 8 rings (SSSR count). The van der Waals surface area contributed by atoms with Crippen LogP contribution in [0, 0.1) is 0 Å². The number of fused-ring (bicyclic) bond motifs is 2. The Morgan fingerprint density at radius 1 is 0.587 bits per heavy atom. The largest absolute Gasteiger partial charge is 2.00 e. The van der Waals surface area contributed by atoms with Crippen molar-refractivity contribution < 1.29 is 55.2 Å². The summed E-state index contributed by atoms with van der Waals surface area (Å²) in [6.07, 6.45) is 0.916. The molecule has 0 saturated heterocycles. The van der Waals surface area contributed by atoms with Crippen LogP contribution >= 0.6 is 23.2 Å². The van der Waals surface area contributed by atoms with E-state index in [-0.39, 0.29) is 92.8 Å². The number of carbonyl (C=O) groups is 2. The first-order chi connectivity index (χ1) is 35.3. The molecule has 23 heteroatoms. The Morgan fingerprint density at radius 2 is 0.987 bits per heavy atom. The normalized spacial score (nSPS) is 11.5. The van der Waals surface area contributed by atoms with Gasteiger partial charge in [-0.15, -0.1) is 15.3 Å². The molecule has 0 heterocycles. The van der Waals surface area contributed by atoms with Gasteiger partial charge in [0, 0.05) is 27.7 Å². The number of hydrogen-bond donors (Lipinski definition) is 4. The average Bonchev–Trinajstić information content (AvgIpc) is 3.38. The van der Waals surface area contributed by atoms with Gasteiger partial charge in [-0.2, -0.15) is 13.5 Å². The molecule has 2 amide bonds. The first-order valence-electron chi connectivity index (χ1n) is 22.1. The van der Waals surface area contributed by atoms with Gasteiger partial charge in [0.05, 0.1) is 40.4 Å². The SMILES string of the molecule is CCc1ccc(S(=O)(=O)O)c(N=Nc2c(O)c(C(=O)Nc3ccc(OC)cc3)cc3ccccc23)c1Cl.CCc1ccc(S(=O)(=O)[O-])c(N=Nc2c([O-])c(C(=O)Nc3ccc(OC)cc3)cc3ccccc23)c1Cl.[Ba+2]. The van der Waals surface area contributed by atoms with E-state index in [1.807, 2.05) is 6.92 Å². The molecule has 0 spiro atoms. The van der Waals surface area contributed by atoms with E-state index in [0.29, 0.717) is 68.4 Å². The number of aromatic hydroxyl groups is 1. The number of anilines is 2. The number of azo groups is 2. The van der Waals surface area contributed by atoms with Crippen LogP contribution in [0.4, 0.5) is 34.1 Å². The summed E-state index contributed by atoms with van der Waals surface area (Å²) in [5.41, 5.74) is 0.848. The number of benzene rings is 8. The van der Waals surface area contributed by atoms with E-state index in [9.17, 15) is 45.7 Å². The predicted octanol–water partition coefficient (Wildman–Crippen LogP) is 12.0. The van der Waals surface area contributed by atoms with Crippen LogP contribution in [0.25, 0.3) is 21.5 Å². The summed E-state index contributed by atoms with van der Waals surface area (Å²) in [6.45, 7) is 3.61. The zero-order valence-corrected chi connectivity index (χ0v) is 47.7. The number of phenolic OH excluding ortho intramolecular Hbond substituents is 1. The van der Waals surface area contributed by atoms with Gasteiger partial charge in [-0.25, -0.2) is 8.42 Å². The fraction of sp³-hybridized carbons (Fsp3) is 0.115. The Labute approximate surface area is 481 Å². The Hall–Kier alpha value is -6.41. The zero-order valence-electron chi connectivity index (χ0n) is 40.2. The van der Waals surface area contributed by atoms with E-state index in [1.165, 1.54) is 44.6 Å². The van der Waals surface area contributed by atoms with Crippen LogP contribution in [0.3, 0.4) is 0 Å². The van der Waals surface area contributed by atoms with Gasteiger partial charge in [0.25, 0.3) is 21.9 Å². The molecule has 0 radical (unpaired) electrons. The van der Waals surface area contributed by atoms with Gasteiger partial charge in [-0.1, -0.05) is 103 Å². The number of nitrogens with zero attached hydrogens (tertiary/aromatic N) is 4. The van der Waals surface area contributed by atoms with Crippen molar-refractivity contribution in [2.24, 2.45) is 20.5 Å². The van der Waals surface area contributed by atoms with Crippen LogP contribution in [-0.4, -0.2) is 106 Å². The van der Waals surface area contributed by atoms with Crippen molar-refractivity contribution in [2.45, 2.75) is 36.5 Å². The van der Waals surface area contributed by atoms with Crippen molar-refractivity contribution in [1.29, 1.82) is 0 Å². The van der Waals surface area contributed by atoms with Gasteiger partial charge >= 0.3 is 48.9 Å². The van der Waals surface area contributed by atoms with Crippen LogP contribution in [0.15, 0.2) is 164 Å². The smallest absolute Gasteiger partial charge is 0.870 e. The molecule has 75 heavy (non-hydrogen) atoms. The molecule has 18 nitrogen and oxygen atoms in total. The molecule has 0 bridgehead atoms. The molecule has 0 saturated carbocycles. The first-order valence-corrected chi connectivity index (χ1v) is 25.7. The number of methoxy groups -OCH3 is 2. The molecule has 0 unspecified atom stereocenters. The van der Waals surface area contributed by atoms with Crippen molar-refractivity contribution in [2.75, 3.05) is 24.9 Å². The quantitative estimate of drug-likeness (QED) is 0.0449. The van der Waals surface area contributed by atoms with Gasteiger partial charge < -0.3 is 34.9 Å². The van der Waals surface area contributed by atoms with Crippen LogP contribution in [-0.2, 0) is 33.1 Å². The monoisotopic (exact) mass is 1210 g/mol. The Kier molecular flexibility index (Phi) is 19.3. The molecule has 0 aromatic heterocycles. The molecule has 0 aliphatic carbocycles. The minimum absolute atomic E-state index is 0. The molecule has 4 N–H and O–H groups in total. The van der Waals surface area contributed by atoms with E-state index in [2.05, 4.69) is 31.1 Å². The van der Waals surface area contributed by atoms with Crippen molar-refractivity contribution in [1.82, 2.24) is 0 Å². The minimum atomic E-state index is -4.94. The summed E-state index contributed by atoms with van der Waals surface area (Å²) < 4.78 is 79.2. The maximum Gasteiger partial charge on any atom is 2.00 e. The first kappa shape index (κ1) is 57.9. The number of hydrogen-bond acceptors (Lipinski definition) is 15. The van der Waals surface area contributed by atoms with Gasteiger partial charge in [0.15, 0.2) is 5.75 Å². The topological polar surface area (TPSA) is 281 Å². The molecular formula is C52H42BaCl2N6O12S2. The second kappa shape index (κ2) is 25.0. The Morgan fingerprint density at radius 3 is 1.44 bits per heavy atom. The molecule has 0 aliphatic heterocycles. The molecular weight excluding hydrogens is 1170 g/mol. The van der Waals surface area contributed by atoms with Gasteiger partial charge in [0.1, 0.15) is 43.6 Å². The third kappa shape index (κ3) is 13.3. The standard InChI is InChI=1S/2C26H22ClN3O6S.Ba/c2*1-3-15-8-13-21(37(33,34)35)24(22(15)27)30-29-23-19-7-5-4-6-16(19)14-20(25(23)31)26(32)28-17-9-11-18(36-2)12-10-17;/h2*4-14,31H,3H2,1-2H3,(H,28,32)(H,33,34,35);/q;;+2/p-2. The second-order valence-electron chi connectivity index (χ2n) is 15.8. The van der Waals surface area contributed by atoms with Crippen molar-refractivity contribution >= 4 is 160 Å². The number of nitrogens with one attached hydrogen (secondary N) is 2.